The predicted molar refractivity (Wildman–Crippen MR) is 78.3 cm³/mol. The van der Waals surface area contributed by atoms with Crippen LogP contribution in [-0.2, 0) is 4.74 Å². The van der Waals surface area contributed by atoms with Crippen LogP contribution in [-0.4, -0.2) is 19.4 Å². The van der Waals surface area contributed by atoms with E-state index in [0.29, 0.717) is 12.3 Å². The number of halogens is 4. The Kier molecular flexibility index (Phi) is 7.03. The van der Waals surface area contributed by atoms with E-state index in [4.69, 9.17) is 0 Å². The summed E-state index contributed by atoms with van der Waals surface area (Å²) in [6, 6.07) is 8.19. The molecule has 2 unspecified atom stereocenters. The van der Waals surface area contributed by atoms with Crippen molar-refractivity contribution in [3.63, 3.8) is 0 Å². The molecule has 0 spiro atoms. The van der Waals surface area contributed by atoms with Crippen LogP contribution in [0.5, 0.6) is 0 Å². The molecule has 0 saturated carbocycles. The first-order valence-electron chi connectivity index (χ1n) is 6.72. The van der Waals surface area contributed by atoms with E-state index in [1.807, 2.05) is 12.1 Å². The molecule has 0 aliphatic rings. The number of ether oxygens (including phenoxy) is 1. The molecule has 0 radical (unpaired) electrons. The lowest BCUT2D eigenvalue weighted by Crippen LogP contribution is -2.17. The standard InChI is InChI=1S/C15H20BrF3O/c1-3-11(2)12-4-6-13(7-5-12)14(16)8-9-20-10-15(17,18)19/h4-7,11,14H,3,8-10H2,1-2H3. The molecule has 0 aliphatic heterocycles. The van der Waals surface area contributed by atoms with E-state index in [2.05, 4.69) is 46.6 Å². The van der Waals surface area contributed by atoms with Crippen molar-refractivity contribution in [2.45, 2.75) is 43.6 Å². The fourth-order valence-corrected chi connectivity index (χ4v) is 2.30. The first-order valence-corrected chi connectivity index (χ1v) is 7.63. The third-order valence-corrected chi connectivity index (χ3v) is 4.25. The van der Waals surface area contributed by atoms with E-state index in [-0.39, 0.29) is 11.4 Å². The molecular formula is C15H20BrF3O. The summed E-state index contributed by atoms with van der Waals surface area (Å²) in [5.41, 5.74) is 2.34. The van der Waals surface area contributed by atoms with Crippen LogP contribution in [0, 0.1) is 0 Å². The number of hydrogen-bond donors (Lipinski definition) is 0. The lowest BCUT2D eigenvalue weighted by Gasteiger charge is -2.14. The van der Waals surface area contributed by atoms with Crippen LogP contribution in [0.15, 0.2) is 24.3 Å². The molecule has 0 heterocycles. The number of alkyl halides is 4. The van der Waals surface area contributed by atoms with Gasteiger partial charge in [0.1, 0.15) is 6.61 Å². The highest BCUT2D eigenvalue weighted by Crippen LogP contribution is 2.28. The number of rotatable bonds is 7. The molecule has 0 aromatic heterocycles. The van der Waals surface area contributed by atoms with Crippen molar-refractivity contribution in [1.29, 1.82) is 0 Å². The second-order valence-electron chi connectivity index (χ2n) is 4.90. The van der Waals surface area contributed by atoms with Crippen LogP contribution in [0.4, 0.5) is 13.2 Å². The molecule has 2 atom stereocenters. The average molecular weight is 353 g/mol. The molecule has 20 heavy (non-hydrogen) atoms. The van der Waals surface area contributed by atoms with Crippen molar-refractivity contribution >= 4 is 15.9 Å². The first-order chi connectivity index (χ1) is 9.33. The van der Waals surface area contributed by atoms with Crippen molar-refractivity contribution in [3.05, 3.63) is 35.4 Å². The highest BCUT2D eigenvalue weighted by Gasteiger charge is 2.27. The largest absolute Gasteiger partial charge is 0.411 e. The van der Waals surface area contributed by atoms with E-state index in [1.54, 1.807) is 0 Å². The SMILES string of the molecule is CCC(C)c1ccc(C(Br)CCOCC(F)(F)F)cc1. The van der Waals surface area contributed by atoms with E-state index in [1.165, 1.54) is 5.56 Å². The quantitative estimate of drug-likeness (QED) is 0.458. The zero-order chi connectivity index (χ0) is 15.2. The molecule has 5 heteroatoms. The van der Waals surface area contributed by atoms with Crippen LogP contribution in [0.3, 0.4) is 0 Å². The van der Waals surface area contributed by atoms with E-state index in [9.17, 15) is 13.2 Å². The summed E-state index contributed by atoms with van der Waals surface area (Å²) in [6.07, 6.45) is -2.65. The Morgan fingerprint density at radius 2 is 1.70 bits per heavy atom. The van der Waals surface area contributed by atoms with Gasteiger partial charge in [0.15, 0.2) is 0 Å². The van der Waals surface area contributed by atoms with Gasteiger partial charge in [0.2, 0.25) is 0 Å². The molecule has 1 aromatic rings. The Morgan fingerprint density at radius 1 is 1.15 bits per heavy atom. The molecule has 0 amide bonds. The molecule has 1 rings (SSSR count). The summed E-state index contributed by atoms with van der Waals surface area (Å²) in [6.45, 7) is 3.22. The minimum Gasteiger partial charge on any atom is -0.372 e. The van der Waals surface area contributed by atoms with Gasteiger partial charge in [-0.15, -0.1) is 0 Å². The molecular weight excluding hydrogens is 333 g/mol. The topological polar surface area (TPSA) is 9.23 Å². The Morgan fingerprint density at radius 3 is 2.20 bits per heavy atom. The summed E-state index contributed by atoms with van der Waals surface area (Å²) < 4.78 is 40.4. The highest BCUT2D eigenvalue weighted by molar-refractivity contribution is 9.09. The van der Waals surface area contributed by atoms with Gasteiger partial charge in [-0.05, 0) is 29.9 Å². The summed E-state index contributed by atoms with van der Waals surface area (Å²) in [5, 5.41) is 0. The van der Waals surface area contributed by atoms with E-state index < -0.39 is 12.8 Å². The van der Waals surface area contributed by atoms with Gasteiger partial charge in [-0.1, -0.05) is 54.0 Å². The smallest absolute Gasteiger partial charge is 0.372 e. The van der Waals surface area contributed by atoms with Gasteiger partial charge in [0, 0.05) is 11.4 Å². The maximum atomic E-state index is 11.9. The number of hydrogen-bond acceptors (Lipinski definition) is 1. The Bertz CT molecular complexity index is 389. The van der Waals surface area contributed by atoms with Gasteiger partial charge in [-0.2, -0.15) is 13.2 Å². The zero-order valence-electron chi connectivity index (χ0n) is 11.7. The Labute approximate surface area is 126 Å². The molecule has 0 N–H and O–H groups in total. The van der Waals surface area contributed by atoms with Crippen molar-refractivity contribution in [2.75, 3.05) is 13.2 Å². The van der Waals surface area contributed by atoms with Crippen molar-refractivity contribution in [1.82, 2.24) is 0 Å². The Hall–Kier alpha value is -0.550. The number of benzene rings is 1. The molecule has 0 bridgehead atoms. The van der Waals surface area contributed by atoms with Crippen molar-refractivity contribution in [2.24, 2.45) is 0 Å². The maximum absolute atomic E-state index is 11.9. The van der Waals surface area contributed by atoms with Gasteiger partial charge in [-0.25, -0.2) is 0 Å². The molecule has 114 valence electrons. The average Bonchev–Trinajstić information content (AvgIpc) is 2.41. The van der Waals surface area contributed by atoms with Crippen LogP contribution in [0.25, 0.3) is 0 Å². The normalized spacial score (nSPS) is 15.1. The fraction of sp³-hybridized carbons (Fsp3) is 0.600. The lowest BCUT2D eigenvalue weighted by atomic mass is 9.97. The van der Waals surface area contributed by atoms with Crippen LogP contribution in [0.1, 0.15) is 48.6 Å². The second-order valence-corrected chi connectivity index (χ2v) is 6.01. The van der Waals surface area contributed by atoms with Gasteiger partial charge in [0.05, 0.1) is 0 Å². The molecule has 1 aromatic carbocycles. The third-order valence-electron chi connectivity index (χ3n) is 3.26. The molecule has 1 nitrogen and oxygen atoms in total. The molecule has 0 saturated heterocycles. The molecule has 0 fully saturated rings. The van der Waals surface area contributed by atoms with Crippen molar-refractivity contribution < 1.29 is 17.9 Å². The minimum absolute atomic E-state index is 0.0155. The molecule has 0 aliphatic carbocycles. The highest BCUT2D eigenvalue weighted by atomic mass is 79.9. The predicted octanol–water partition coefficient (Wildman–Crippen LogP) is 5.61. The van der Waals surface area contributed by atoms with Crippen LogP contribution >= 0.6 is 15.9 Å². The van der Waals surface area contributed by atoms with E-state index in [0.717, 1.165) is 12.0 Å². The van der Waals surface area contributed by atoms with Gasteiger partial charge < -0.3 is 4.74 Å². The maximum Gasteiger partial charge on any atom is 0.411 e. The van der Waals surface area contributed by atoms with Gasteiger partial charge in [0.25, 0.3) is 0 Å². The monoisotopic (exact) mass is 352 g/mol. The Balaban J connectivity index is 2.42. The van der Waals surface area contributed by atoms with Crippen LogP contribution in [0.2, 0.25) is 0 Å². The lowest BCUT2D eigenvalue weighted by molar-refractivity contribution is -0.174. The van der Waals surface area contributed by atoms with Gasteiger partial charge >= 0.3 is 6.18 Å². The summed E-state index contributed by atoms with van der Waals surface area (Å²) in [4.78, 5) is 0.0155. The van der Waals surface area contributed by atoms with Crippen molar-refractivity contribution in [3.8, 4) is 0 Å². The summed E-state index contributed by atoms with van der Waals surface area (Å²) in [5.74, 6) is 0.521. The summed E-state index contributed by atoms with van der Waals surface area (Å²) >= 11 is 3.48. The zero-order valence-corrected chi connectivity index (χ0v) is 13.3. The van der Waals surface area contributed by atoms with Crippen LogP contribution < -0.4 is 0 Å². The summed E-state index contributed by atoms with van der Waals surface area (Å²) in [7, 11) is 0. The van der Waals surface area contributed by atoms with E-state index >= 15 is 0 Å². The first kappa shape index (κ1) is 17.5. The minimum atomic E-state index is -4.25. The van der Waals surface area contributed by atoms with Gasteiger partial charge in [-0.3, -0.25) is 0 Å². The third kappa shape index (κ3) is 6.27. The second kappa shape index (κ2) is 8.03. The fourth-order valence-electron chi connectivity index (χ4n) is 1.81.